The van der Waals surface area contributed by atoms with Crippen LogP contribution in [0.2, 0.25) is 0 Å². The van der Waals surface area contributed by atoms with Gasteiger partial charge in [-0.25, -0.2) is 9.97 Å². The third kappa shape index (κ3) is 4.74. The summed E-state index contributed by atoms with van der Waals surface area (Å²) in [6, 6.07) is 10.4. The predicted molar refractivity (Wildman–Crippen MR) is 93.3 cm³/mol. The first-order chi connectivity index (χ1) is 11.7. The van der Waals surface area contributed by atoms with E-state index in [1.54, 1.807) is 7.11 Å². The molecule has 1 aliphatic rings. The second kappa shape index (κ2) is 8.19. The average Bonchev–Trinajstić information content (AvgIpc) is 2.57. The fourth-order valence-corrected chi connectivity index (χ4v) is 2.75. The fourth-order valence-electron chi connectivity index (χ4n) is 2.75. The maximum absolute atomic E-state index is 5.39. The molecule has 1 saturated heterocycles. The van der Waals surface area contributed by atoms with Crippen LogP contribution in [0.3, 0.4) is 0 Å². The van der Waals surface area contributed by atoms with Crippen molar-refractivity contribution in [3.63, 3.8) is 0 Å². The molecule has 1 N–H and O–H groups in total. The number of morpholine rings is 1. The molecule has 3 rings (SSSR count). The van der Waals surface area contributed by atoms with E-state index in [0.29, 0.717) is 12.4 Å². The molecule has 6 heteroatoms. The SMILES string of the molecule is COCc1nc(C)cc(Nc2ccc(CN3CCOCC3)cc2)n1. The molecular weight excluding hydrogens is 304 g/mol. The van der Waals surface area contributed by atoms with Crippen LogP contribution in [0.1, 0.15) is 17.1 Å². The van der Waals surface area contributed by atoms with E-state index in [1.165, 1.54) is 5.56 Å². The Morgan fingerprint density at radius 2 is 1.92 bits per heavy atom. The number of methoxy groups -OCH3 is 1. The summed E-state index contributed by atoms with van der Waals surface area (Å²) in [6.45, 7) is 7.00. The van der Waals surface area contributed by atoms with Gasteiger partial charge in [0.25, 0.3) is 0 Å². The van der Waals surface area contributed by atoms with Gasteiger partial charge in [0.1, 0.15) is 12.4 Å². The number of rotatable bonds is 6. The average molecular weight is 328 g/mol. The lowest BCUT2D eigenvalue weighted by molar-refractivity contribution is 0.0342. The smallest absolute Gasteiger partial charge is 0.156 e. The highest BCUT2D eigenvalue weighted by atomic mass is 16.5. The van der Waals surface area contributed by atoms with Crippen molar-refractivity contribution in [1.29, 1.82) is 0 Å². The van der Waals surface area contributed by atoms with Crippen molar-refractivity contribution in [2.45, 2.75) is 20.1 Å². The minimum Gasteiger partial charge on any atom is -0.379 e. The Bertz CT molecular complexity index is 655. The van der Waals surface area contributed by atoms with Gasteiger partial charge in [0.15, 0.2) is 5.82 Å². The second-order valence-corrected chi connectivity index (χ2v) is 5.95. The van der Waals surface area contributed by atoms with E-state index in [2.05, 4.69) is 44.5 Å². The fraction of sp³-hybridized carbons (Fsp3) is 0.444. The van der Waals surface area contributed by atoms with Gasteiger partial charge < -0.3 is 14.8 Å². The number of aryl methyl sites for hydroxylation is 1. The Hall–Kier alpha value is -2.02. The quantitative estimate of drug-likeness (QED) is 0.879. The molecule has 128 valence electrons. The summed E-state index contributed by atoms with van der Waals surface area (Å²) in [6.07, 6.45) is 0. The van der Waals surface area contributed by atoms with Gasteiger partial charge >= 0.3 is 0 Å². The standard InChI is InChI=1S/C18H24N4O2/c1-14-11-17(21-18(19-14)13-23-2)20-16-5-3-15(4-6-16)12-22-7-9-24-10-8-22/h3-6,11H,7-10,12-13H2,1-2H3,(H,19,20,21). The van der Waals surface area contributed by atoms with Crippen LogP contribution in [0.25, 0.3) is 0 Å². The van der Waals surface area contributed by atoms with Crippen LogP contribution in [0.5, 0.6) is 0 Å². The van der Waals surface area contributed by atoms with Gasteiger partial charge in [0.05, 0.1) is 13.2 Å². The second-order valence-electron chi connectivity index (χ2n) is 5.95. The minimum absolute atomic E-state index is 0.412. The van der Waals surface area contributed by atoms with Gasteiger partial charge in [-0.3, -0.25) is 4.90 Å². The van der Waals surface area contributed by atoms with Crippen molar-refractivity contribution >= 4 is 11.5 Å². The molecule has 6 nitrogen and oxygen atoms in total. The van der Waals surface area contributed by atoms with Crippen molar-refractivity contribution in [3.8, 4) is 0 Å². The summed E-state index contributed by atoms with van der Waals surface area (Å²) < 4.78 is 10.5. The third-order valence-electron chi connectivity index (χ3n) is 3.91. The lowest BCUT2D eigenvalue weighted by atomic mass is 10.2. The summed E-state index contributed by atoms with van der Waals surface area (Å²) >= 11 is 0. The van der Waals surface area contributed by atoms with E-state index in [0.717, 1.165) is 50.0 Å². The number of hydrogen-bond acceptors (Lipinski definition) is 6. The molecule has 1 aromatic carbocycles. The number of benzene rings is 1. The summed E-state index contributed by atoms with van der Waals surface area (Å²) in [5.74, 6) is 1.47. The van der Waals surface area contributed by atoms with Crippen LogP contribution in [0.4, 0.5) is 11.5 Å². The van der Waals surface area contributed by atoms with Gasteiger partial charge in [-0.2, -0.15) is 0 Å². The lowest BCUT2D eigenvalue weighted by Gasteiger charge is -2.26. The van der Waals surface area contributed by atoms with E-state index >= 15 is 0 Å². The van der Waals surface area contributed by atoms with Gasteiger partial charge in [-0.05, 0) is 24.6 Å². The first-order valence-electron chi connectivity index (χ1n) is 8.22. The Morgan fingerprint density at radius 3 is 2.62 bits per heavy atom. The molecule has 0 radical (unpaired) electrons. The van der Waals surface area contributed by atoms with E-state index in [-0.39, 0.29) is 0 Å². The molecular formula is C18H24N4O2. The Kier molecular flexibility index (Phi) is 5.74. The molecule has 0 amide bonds. The summed E-state index contributed by atoms with van der Waals surface area (Å²) in [5, 5.41) is 3.33. The zero-order valence-electron chi connectivity index (χ0n) is 14.3. The normalized spacial score (nSPS) is 15.4. The molecule has 1 aromatic heterocycles. The van der Waals surface area contributed by atoms with Crippen LogP contribution >= 0.6 is 0 Å². The zero-order valence-corrected chi connectivity index (χ0v) is 14.3. The van der Waals surface area contributed by atoms with Crippen molar-refractivity contribution < 1.29 is 9.47 Å². The maximum Gasteiger partial charge on any atom is 0.156 e. The highest BCUT2D eigenvalue weighted by Crippen LogP contribution is 2.17. The molecule has 0 bridgehead atoms. The van der Waals surface area contributed by atoms with E-state index < -0.39 is 0 Å². The monoisotopic (exact) mass is 328 g/mol. The molecule has 0 spiro atoms. The summed E-state index contributed by atoms with van der Waals surface area (Å²) in [5.41, 5.74) is 3.24. The van der Waals surface area contributed by atoms with Crippen molar-refractivity contribution in [2.75, 3.05) is 38.7 Å². The van der Waals surface area contributed by atoms with Crippen molar-refractivity contribution in [1.82, 2.24) is 14.9 Å². The number of hydrogen-bond donors (Lipinski definition) is 1. The molecule has 1 aliphatic heterocycles. The zero-order chi connectivity index (χ0) is 16.8. The highest BCUT2D eigenvalue weighted by molar-refractivity contribution is 5.56. The van der Waals surface area contributed by atoms with Crippen LogP contribution in [0.15, 0.2) is 30.3 Å². The molecule has 2 heterocycles. The first-order valence-corrected chi connectivity index (χ1v) is 8.22. The largest absolute Gasteiger partial charge is 0.379 e. The minimum atomic E-state index is 0.412. The maximum atomic E-state index is 5.39. The molecule has 0 saturated carbocycles. The number of nitrogens with one attached hydrogen (secondary N) is 1. The Labute approximate surface area is 142 Å². The molecule has 0 unspecified atom stereocenters. The molecule has 0 aliphatic carbocycles. The van der Waals surface area contributed by atoms with Gasteiger partial charge in [0, 0.05) is 44.2 Å². The lowest BCUT2D eigenvalue weighted by Crippen LogP contribution is -2.35. The first kappa shape index (κ1) is 16.8. The van der Waals surface area contributed by atoms with Crippen LogP contribution < -0.4 is 5.32 Å². The van der Waals surface area contributed by atoms with Crippen molar-refractivity contribution in [2.24, 2.45) is 0 Å². The number of aromatic nitrogens is 2. The van der Waals surface area contributed by atoms with Crippen LogP contribution in [-0.4, -0.2) is 48.3 Å². The highest BCUT2D eigenvalue weighted by Gasteiger charge is 2.10. The number of anilines is 2. The van der Waals surface area contributed by atoms with E-state index in [4.69, 9.17) is 9.47 Å². The van der Waals surface area contributed by atoms with Crippen LogP contribution in [-0.2, 0) is 22.6 Å². The van der Waals surface area contributed by atoms with Crippen LogP contribution in [0, 0.1) is 6.92 Å². The molecule has 1 fully saturated rings. The third-order valence-corrected chi connectivity index (χ3v) is 3.91. The number of nitrogens with zero attached hydrogens (tertiary/aromatic N) is 3. The summed E-state index contributed by atoms with van der Waals surface area (Å²) in [4.78, 5) is 11.2. The Morgan fingerprint density at radius 1 is 1.17 bits per heavy atom. The van der Waals surface area contributed by atoms with Gasteiger partial charge in [-0.1, -0.05) is 12.1 Å². The van der Waals surface area contributed by atoms with Gasteiger partial charge in [0.2, 0.25) is 0 Å². The molecule has 24 heavy (non-hydrogen) atoms. The van der Waals surface area contributed by atoms with E-state index in [9.17, 15) is 0 Å². The summed E-state index contributed by atoms with van der Waals surface area (Å²) in [7, 11) is 1.64. The van der Waals surface area contributed by atoms with E-state index in [1.807, 2.05) is 13.0 Å². The molecule has 2 aromatic rings. The Balaban J connectivity index is 1.63. The number of ether oxygens (including phenoxy) is 2. The predicted octanol–water partition coefficient (Wildman–Crippen LogP) is 2.51. The van der Waals surface area contributed by atoms with Crippen molar-refractivity contribution in [3.05, 3.63) is 47.4 Å². The molecule has 0 atom stereocenters. The van der Waals surface area contributed by atoms with Gasteiger partial charge in [-0.15, -0.1) is 0 Å². The topological polar surface area (TPSA) is 59.5 Å².